The first-order chi connectivity index (χ1) is 9.32. The van der Waals surface area contributed by atoms with Gasteiger partial charge < -0.3 is 0 Å². The second-order valence-corrected chi connectivity index (χ2v) is 6.81. The second kappa shape index (κ2) is 5.73. The van der Waals surface area contributed by atoms with Crippen molar-refractivity contribution in [3.63, 3.8) is 0 Å². The molecule has 0 aromatic heterocycles. The quantitative estimate of drug-likeness (QED) is 0.590. The van der Waals surface area contributed by atoms with Gasteiger partial charge in [0.15, 0.2) is 0 Å². The molecular weight excluding hydrogens is 308 g/mol. The first kappa shape index (κ1) is 15.3. The molecule has 1 atom stereocenters. The molecule has 2 aromatic carbocycles. The SMILES string of the molecule is Cc1ccc(C)c(C(Br)c2c(C)c(C)cc(C)c2C)c1. The maximum atomic E-state index is 3.95. The van der Waals surface area contributed by atoms with Crippen LogP contribution in [0.3, 0.4) is 0 Å². The van der Waals surface area contributed by atoms with Crippen LogP contribution in [-0.2, 0) is 0 Å². The molecule has 0 nitrogen and oxygen atoms in total. The first-order valence-electron chi connectivity index (χ1n) is 7.11. The van der Waals surface area contributed by atoms with E-state index in [1.165, 1.54) is 44.5 Å². The molecule has 20 heavy (non-hydrogen) atoms. The van der Waals surface area contributed by atoms with E-state index in [1.807, 2.05) is 0 Å². The van der Waals surface area contributed by atoms with Crippen LogP contribution in [0.15, 0.2) is 24.3 Å². The minimum atomic E-state index is 0.265. The van der Waals surface area contributed by atoms with E-state index in [4.69, 9.17) is 0 Å². The molecule has 1 unspecified atom stereocenters. The van der Waals surface area contributed by atoms with Gasteiger partial charge in [-0.1, -0.05) is 45.8 Å². The van der Waals surface area contributed by atoms with Crippen molar-refractivity contribution in [2.45, 2.75) is 46.4 Å². The van der Waals surface area contributed by atoms with Gasteiger partial charge in [0.05, 0.1) is 4.83 Å². The van der Waals surface area contributed by atoms with Crippen molar-refractivity contribution >= 4 is 15.9 Å². The zero-order valence-electron chi connectivity index (χ0n) is 13.3. The Morgan fingerprint density at radius 1 is 0.750 bits per heavy atom. The minimum absolute atomic E-state index is 0.265. The Balaban J connectivity index is 2.65. The number of halogens is 1. The smallest absolute Gasteiger partial charge is 0.0652 e. The highest BCUT2D eigenvalue weighted by molar-refractivity contribution is 9.09. The molecular formula is C19H23Br. The third kappa shape index (κ3) is 2.69. The summed E-state index contributed by atoms with van der Waals surface area (Å²) >= 11 is 3.95. The Labute approximate surface area is 131 Å². The minimum Gasteiger partial charge on any atom is -0.0786 e. The molecule has 0 aliphatic carbocycles. The van der Waals surface area contributed by atoms with Crippen molar-refractivity contribution in [1.29, 1.82) is 0 Å². The predicted molar refractivity (Wildman–Crippen MR) is 92.1 cm³/mol. The monoisotopic (exact) mass is 330 g/mol. The van der Waals surface area contributed by atoms with Gasteiger partial charge >= 0.3 is 0 Å². The van der Waals surface area contributed by atoms with Crippen molar-refractivity contribution in [1.82, 2.24) is 0 Å². The van der Waals surface area contributed by atoms with Crippen LogP contribution in [0.2, 0.25) is 0 Å². The summed E-state index contributed by atoms with van der Waals surface area (Å²) in [7, 11) is 0. The van der Waals surface area contributed by atoms with E-state index in [2.05, 4.69) is 81.7 Å². The van der Waals surface area contributed by atoms with Gasteiger partial charge in [-0.2, -0.15) is 0 Å². The molecule has 0 aliphatic rings. The molecule has 1 heteroatoms. The Morgan fingerprint density at radius 2 is 1.30 bits per heavy atom. The second-order valence-electron chi connectivity index (χ2n) is 5.90. The average Bonchev–Trinajstić information content (AvgIpc) is 2.39. The molecule has 0 amide bonds. The molecule has 0 heterocycles. The molecule has 0 saturated heterocycles. The van der Waals surface area contributed by atoms with Gasteiger partial charge in [0.2, 0.25) is 0 Å². The standard InChI is InChI=1S/C19H23Br/c1-11-7-8-12(2)17(9-11)19(20)18-15(5)13(3)10-14(4)16(18)6/h7-10,19H,1-6H3. The fourth-order valence-electron chi connectivity index (χ4n) is 2.82. The summed E-state index contributed by atoms with van der Waals surface area (Å²) in [5.74, 6) is 0. The van der Waals surface area contributed by atoms with Crippen LogP contribution in [0, 0.1) is 41.5 Å². The predicted octanol–water partition coefficient (Wildman–Crippen LogP) is 6.02. The topological polar surface area (TPSA) is 0 Å². The van der Waals surface area contributed by atoms with Gasteiger partial charge in [0, 0.05) is 0 Å². The Kier molecular flexibility index (Phi) is 4.39. The van der Waals surface area contributed by atoms with Crippen molar-refractivity contribution in [2.75, 3.05) is 0 Å². The summed E-state index contributed by atoms with van der Waals surface area (Å²) in [6.45, 7) is 13.2. The molecule has 0 spiro atoms. The number of hydrogen-bond donors (Lipinski definition) is 0. The van der Waals surface area contributed by atoms with Gasteiger partial charge in [0.1, 0.15) is 0 Å². The van der Waals surface area contributed by atoms with Crippen LogP contribution in [0.1, 0.15) is 49.3 Å². The largest absolute Gasteiger partial charge is 0.0786 e. The van der Waals surface area contributed by atoms with Crippen molar-refractivity contribution in [3.8, 4) is 0 Å². The van der Waals surface area contributed by atoms with Crippen LogP contribution >= 0.6 is 15.9 Å². The van der Waals surface area contributed by atoms with Crippen LogP contribution < -0.4 is 0 Å². The fourth-order valence-corrected chi connectivity index (χ4v) is 4.00. The highest BCUT2D eigenvalue weighted by Crippen LogP contribution is 2.38. The van der Waals surface area contributed by atoms with Crippen LogP contribution in [0.5, 0.6) is 0 Å². The van der Waals surface area contributed by atoms with Crippen LogP contribution in [0.25, 0.3) is 0 Å². The Bertz CT molecular complexity index is 627. The highest BCUT2D eigenvalue weighted by atomic mass is 79.9. The normalized spacial score (nSPS) is 12.6. The molecule has 2 aromatic rings. The fraction of sp³-hybridized carbons (Fsp3) is 0.368. The summed E-state index contributed by atoms with van der Waals surface area (Å²) in [4.78, 5) is 0.265. The van der Waals surface area contributed by atoms with E-state index in [0.717, 1.165) is 0 Å². The highest BCUT2D eigenvalue weighted by Gasteiger charge is 2.19. The molecule has 2 rings (SSSR count). The lowest BCUT2D eigenvalue weighted by molar-refractivity contribution is 1.06. The van der Waals surface area contributed by atoms with Gasteiger partial charge in [-0.25, -0.2) is 0 Å². The number of aryl methyl sites for hydroxylation is 4. The first-order valence-corrected chi connectivity index (χ1v) is 8.03. The number of hydrogen-bond acceptors (Lipinski definition) is 0. The van der Waals surface area contributed by atoms with Crippen LogP contribution in [0.4, 0.5) is 0 Å². The molecule has 0 bridgehead atoms. The van der Waals surface area contributed by atoms with E-state index in [1.54, 1.807) is 0 Å². The van der Waals surface area contributed by atoms with Crippen molar-refractivity contribution < 1.29 is 0 Å². The maximum absolute atomic E-state index is 3.95. The lowest BCUT2D eigenvalue weighted by atomic mass is 9.88. The van der Waals surface area contributed by atoms with Gasteiger partial charge in [-0.05, 0) is 80.5 Å². The lowest BCUT2D eigenvalue weighted by Gasteiger charge is -2.22. The van der Waals surface area contributed by atoms with E-state index >= 15 is 0 Å². The van der Waals surface area contributed by atoms with Gasteiger partial charge in [-0.3, -0.25) is 0 Å². The summed E-state index contributed by atoms with van der Waals surface area (Å²) in [6, 6.07) is 8.98. The van der Waals surface area contributed by atoms with Crippen molar-refractivity contribution in [3.05, 3.63) is 68.8 Å². The summed E-state index contributed by atoms with van der Waals surface area (Å²) in [5, 5.41) is 0. The van der Waals surface area contributed by atoms with Gasteiger partial charge in [-0.15, -0.1) is 0 Å². The summed E-state index contributed by atoms with van der Waals surface area (Å²) in [5.41, 5.74) is 11.0. The molecule has 0 N–H and O–H groups in total. The van der Waals surface area contributed by atoms with E-state index in [-0.39, 0.29) is 4.83 Å². The van der Waals surface area contributed by atoms with E-state index in [0.29, 0.717) is 0 Å². The van der Waals surface area contributed by atoms with Crippen molar-refractivity contribution in [2.24, 2.45) is 0 Å². The zero-order chi connectivity index (χ0) is 15.0. The summed E-state index contributed by atoms with van der Waals surface area (Å²) in [6.07, 6.45) is 0. The third-order valence-corrected chi connectivity index (χ3v) is 5.34. The third-order valence-electron chi connectivity index (χ3n) is 4.39. The molecule has 106 valence electrons. The number of rotatable bonds is 2. The Hall–Kier alpha value is -1.08. The van der Waals surface area contributed by atoms with E-state index < -0.39 is 0 Å². The average molecular weight is 331 g/mol. The summed E-state index contributed by atoms with van der Waals surface area (Å²) < 4.78 is 0. The number of alkyl halides is 1. The Morgan fingerprint density at radius 3 is 1.85 bits per heavy atom. The molecule has 0 fully saturated rings. The molecule has 0 aliphatic heterocycles. The lowest BCUT2D eigenvalue weighted by Crippen LogP contribution is -2.04. The molecule has 0 saturated carbocycles. The van der Waals surface area contributed by atoms with Crippen LogP contribution in [-0.4, -0.2) is 0 Å². The number of benzene rings is 2. The van der Waals surface area contributed by atoms with E-state index in [9.17, 15) is 0 Å². The zero-order valence-corrected chi connectivity index (χ0v) is 14.9. The maximum Gasteiger partial charge on any atom is 0.0652 e. The van der Waals surface area contributed by atoms with Gasteiger partial charge in [0.25, 0.3) is 0 Å². The molecule has 0 radical (unpaired) electrons.